The molecular formula is C9H9FO4S. The van der Waals surface area contributed by atoms with Crippen molar-refractivity contribution in [3.63, 3.8) is 0 Å². The quantitative estimate of drug-likeness (QED) is 0.778. The zero-order valence-corrected chi connectivity index (χ0v) is 8.93. The van der Waals surface area contributed by atoms with E-state index in [-0.39, 0.29) is 10.5 Å². The first kappa shape index (κ1) is 11.6. The Kier molecular flexibility index (Phi) is 2.81. The van der Waals surface area contributed by atoms with Gasteiger partial charge < -0.3 is 5.11 Å². The fourth-order valence-electron chi connectivity index (χ4n) is 1.11. The second-order valence-electron chi connectivity index (χ2n) is 3.18. The molecule has 0 bridgehead atoms. The number of hydrogen-bond donors (Lipinski definition) is 1. The molecule has 82 valence electrons. The lowest BCUT2D eigenvalue weighted by Gasteiger charge is -2.05. The zero-order chi connectivity index (χ0) is 11.8. The van der Waals surface area contributed by atoms with Crippen LogP contribution in [-0.2, 0) is 9.84 Å². The van der Waals surface area contributed by atoms with E-state index >= 15 is 0 Å². The highest BCUT2D eigenvalue weighted by Crippen LogP contribution is 2.19. The topological polar surface area (TPSA) is 71.4 Å². The maximum atomic E-state index is 13.2. The number of halogens is 1. The Morgan fingerprint density at radius 2 is 1.93 bits per heavy atom. The predicted molar refractivity (Wildman–Crippen MR) is 51.2 cm³/mol. The Labute approximate surface area is 86.3 Å². The summed E-state index contributed by atoms with van der Waals surface area (Å²) in [6.07, 6.45) is 0.936. The molecule has 0 saturated carbocycles. The summed E-state index contributed by atoms with van der Waals surface area (Å²) in [6, 6.07) is 1.93. The van der Waals surface area contributed by atoms with Gasteiger partial charge in [-0.1, -0.05) is 0 Å². The third-order valence-corrected chi connectivity index (χ3v) is 2.98. The third-order valence-electron chi connectivity index (χ3n) is 1.89. The molecule has 15 heavy (non-hydrogen) atoms. The van der Waals surface area contributed by atoms with E-state index in [4.69, 9.17) is 5.11 Å². The molecule has 6 heteroatoms. The number of hydrogen-bond acceptors (Lipinski definition) is 3. The van der Waals surface area contributed by atoms with Gasteiger partial charge in [0.1, 0.15) is 5.82 Å². The van der Waals surface area contributed by atoms with Crippen molar-refractivity contribution in [2.45, 2.75) is 11.8 Å². The van der Waals surface area contributed by atoms with E-state index in [2.05, 4.69) is 0 Å². The van der Waals surface area contributed by atoms with Gasteiger partial charge in [-0.05, 0) is 24.6 Å². The summed E-state index contributed by atoms with van der Waals surface area (Å²) >= 11 is 0. The van der Waals surface area contributed by atoms with Crippen LogP contribution in [0.5, 0.6) is 0 Å². The van der Waals surface area contributed by atoms with Crippen molar-refractivity contribution in [2.75, 3.05) is 6.26 Å². The van der Waals surface area contributed by atoms with Gasteiger partial charge in [-0.3, -0.25) is 0 Å². The van der Waals surface area contributed by atoms with Crippen LogP contribution < -0.4 is 0 Å². The van der Waals surface area contributed by atoms with Crippen molar-refractivity contribution in [1.29, 1.82) is 0 Å². The summed E-state index contributed by atoms with van der Waals surface area (Å²) in [4.78, 5) is 10.4. The number of rotatable bonds is 2. The van der Waals surface area contributed by atoms with Crippen LogP contribution in [0, 0.1) is 12.7 Å². The van der Waals surface area contributed by atoms with Crippen LogP contribution in [-0.4, -0.2) is 25.7 Å². The van der Waals surface area contributed by atoms with E-state index in [1.54, 1.807) is 0 Å². The summed E-state index contributed by atoms with van der Waals surface area (Å²) in [7, 11) is -3.53. The van der Waals surface area contributed by atoms with E-state index < -0.39 is 27.2 Å². The normalized spacial score (nSPS) is 11.4. The number of carbonyl (C=O) groups is 1. The van der Waals surface area contributed by atoms with E-state index in [9.17, 15) is 17.6 Å². The highest BCUT2D eigenvalue weighted by atomic mass is 32.2. The lowest BCUT2D eigenvalue weighted by Crippen LogP contribution is -2.06. The van der Waals surface area contributed by atoms with Crippen molar-refractivity contribution in [1.82, 2.24) is 0 Å². The number of aryl methyl sites for hydroxylation is 1. The van der Waals surface area contributed by atoms with Gasteiger partial charge in [0.2, 0.25) is 0 Å². The monoisotopic (exact) mass is 232 g/mol. The summed E-state index contributed by atoms with van der Waals surface area (Å²) in [5, 5.41) is 8.65. The van der Waals surface area contributed by atoms with Gasteiger partial charge in [0.25, 0.3) is 0 Å². The minimum absolute atomic E-state index is 0.00433. The van der Waals surface area contributed by atoms with Crippen LogP contribution in [0.4, 0.5) is 4.39 Å². The molecule has 0 aliphatic heterocycles. The Balaban J connectivity index is 3.57. The van der Waals surface area contributed by atoms with Gasteiger partial charge in [-0.25, -0.2) is 17.6 Å². The maximum absolute atomic E-state index is 13.2. The fraction of sp³-hybridized carbons (Fsp3) is 0.222. The molecule has 0 aliphatic rings. The molecule has 1 N–H and O–H groups in total. The van der Waals surface area contributed by atoms with Crippen LogP contribution in [0.25, 0.3) is 0 Å². The third kappa shape index (κ3) is 2.33. The molecular weight excluding hydrogens is 223 g/mol. The van der Waals surface area contributed by atoms with Crippen LogP contribution >= 0.6 is 0 Å². The standard InChI is InChI=1S/C9H9FO4S/c1-5-3-6(15(2,13)14)4-7(8(5)10)9(11)12/h3-4H,1-2H3,(H,11,12). The van der Waals surface area contributed by atoms with Crippen LogP contribution in [0.2, 0.25) is 0 Å². The maximum Gasteiger partial charge on any atom is 0.338 e. The molecule has 0 atom stereocenters. The minimum Gasteiger partial charge on any atom is -0.478 e. The van der Waals surface area contributed by atoms with Gasteiger partial charge in [0, 0.05) is 6.26 Å². The first-order valence-corrected chi connectivity index (χ1v) is 5.86. The molecule has 0 unspecified atom stereocenters. The molecule has 0 radical (unpaired) electrons. The summed E-state index contributed by atoms with van der Waals surface area (Å²) in [5.41, 5.74) is -0.634. The average molecular weight is 232 g/mol. The first-order valence-electron chi connectivity index (χ1n) is 3.97. The largest absolute Gasteiger partial charge is 0.478 e. The molecule has 0 spiro atoms. The number of sulfone groups is 1. The Morgan fingerprint density at radius 3 is 2.33 bits per heavy atom. The molecule has 1 aromatic rings. The lowest BCUT2D eigenvalue weighted by molar-refractivity contribution is 0.0691. The van der Waals surface area contributed by atoms with E-state index in [1.165, 1.54) is 6.92 Å². The van der Waals surface area contributed by atoms with Gasteiger partial charge in [0.15, 0.2) is 9.84 Å². The van der Waals surface area contributed by atoms with Crippen LogP contribution in [0.3, 0.4) is 0 Å². The highest BCUT2D eigenvalue weighted by molar-refractivity contribution is 7.90. The Hall–Kier alpha value is -1.43. The molecule has 0 saturated heterocycles. The zero-order valence-electron chi connectivity index (χ0n) is 8.11. The van der Waals surface area contributed by atoms with Crippen molar-refractivity contribution < 1.29 is 22.7 Å². The lowest BCUT2D eigenvalue weighted by atomic mass is 10.1. The van der Waals surface area contributed by atoms with Crippen molar-refractivity contribution in [3.05, 3.63) is 29.1 Å². The van der Waals surface area contributed by atoms with E-state index in [0.717, 1.165) is 18.4 Å². The van der Waals surface area contributed by atoms with Gasteiger partial charge in [0.05, 0.1) is 10.5 Å². The number of benzene rings is 1. The minimum atomic E-state index is -3.53. The summed E-state index contributed by atoms with van der Waals surface area (Å²) in [5.74, 6) is -2.39. The fourth-order valence-corrected chi connectivity index (χ4v) is 1.83. The van der Waals surface area contributed by atoms with Crippen molar-refractivity contribution >= 4 is 15.8 Å². The molecule has 0 amide bonds. The van der Waals surface area contributed by atoms with Gasteiger partial charge in [-0.15, -0.1) is 0 Å². The number of carboxylic acid groups (broad SMARTS) is 1. The van der Waals surface area contributed by atoms with E-state index in [1.807, 2.05) is 0 Å². The van der Waals surface area contributed by atoms with Crippen molar-refractivity contribution in [2.24, 2.45) is 0 Å². The smallest absolute Gasteiger partial charge is 0.338 e. The summed E-state index contributed by atoms with van der Waals surface area (Å²) < 4.78 is 35.6. The Bertz CT molecular complexity index is 519. The Morgan fingerprint density at radius 1 is 1.40 bits per heavy atom. The number of aromatic carboxylic acids is 1. The molecule has 0 fully saturated rings. The second-order valence-corrected chi connectivity index (χ2v) is 5.19. The van der Waals surface area contributed by atoms with Crippen LogP contribution in [0.1, 0.15) is 15.9 Å². The highest BCUT2D eigenvalue weighted by Gasteiger charge is 2.17. The van der Waals surface area contributed by atoms with E-state index in [0.29, 0.717) is 0 Å². The van der Waals surface area contributed by atoms with Crippen molar-refractivity contribution in [3.8, 4) is 0 Å². The molecule has 4 nitrogen and oxygen atoms in total. The SMILES string of the molecule is Cc1cc(S(C)(=O)=O)cc(C(=O)O)c1F. The van der Waals surface area contributed by atoms with Gasteiger partial charge >= 0.3 is 5.97 Å². The first-order chi connectivity index (χ1) is 6.73. The molecule has 0 heterocycles. The van der Waals surface area contributed by atoms with Crippen LogP contribution in [0.15, 0.2) is 17.0 Å². The van der Waals surface area contributed by atoms with Gasteiger partial charge in [-0.2, -0.15) is 0 Å². The second kappa shape index (κ2) is 3.62. The molecule has 0 aromatic heterocycles. The number of carboxylic acids is 1. The summed E-state index contributed by atoms with van der Waals surface area (Å²) in [6.45, 7) is 1.32. The molecule has 1 aromatic carbocycles. The molecule has 1 rings (SSSR count). The molecule has 0 aliphatic carbocycles. The predicted octanol–water partition coefficient (Wildman–Crippen LogP) is 1.24. The average Bonchev–Trinajstić information content (AvgIpc) is 2.06.